The van der Waals surface area contributed by atoms with Gasteiger partial charge < -0.3 is 9.47 Å². The van der Waals surface area contributed by atoms with Gasteiger partial charge >= 0.3 is 5.97 Å². The first-order chi connectivity index (χ1) is 8.54. The molecular formula is C13H12O5. The van der Waals surface area contributed by atoms with E-state index in [0.717, 1.165) is 0 Å². The minimum atomic E-state index is -1.05. The van der Waals surface area contributed by atoms with E-state index in [4.69, 9.17) is 9.47 Å². The van der Waals surface area contributed by atoms with Crippen molar-refractivity contribution in [3.8, 4) is 5.75 Å². The highest BCUT2D eigenvalue weighted by atomic mass is 16.6. The highest BCUT2D eigenvalue weighted by Gasteiger charge is 2.47. The molecule has 0 aromatic heterocycles. The van der Waals surface area contributed by atoms with E-state index in [0.29, 0.717) is 11.3 Å². The minimum absolute atomic E-state index is 0.376. The number of cyclic esters (lactones) is 1. The first kappa shape index (κ1) is 12.3. The number of hydrogen-bond acceptors (Lipinski definition) is 5. The van der Waals surface area contributed by atoms with Crippen LogP contribution < -0.4 is 4.74 Å². The number of hydrogen-bond donors (Lipinski definition) is 0. The molecule has 0 radical (unpaired) electrons. The highest BCUT2D eigenvalue weighted by molar-refractivity contribution is 6.40. The van der Waals surface area contributed by atoms with Gasteiger partial charge in [0.15, 0.2) is 0 Å². The maximum Gasteiger partial charge on any atom is 0.376 e. The number of carbonyl (C=O) groups excluding carboxylic acids is 3. The molecule has 2 unspecified atom stereocenters. The SMILES string of the molecule is COc1cccc(C2OC(=O)C(=O)C2C(C)=O)c1. The van der Waals surface area contributed by atoms with E-state index < -0.39 is 23.8 Å². The van der Waals surface area contributed by atoms with E-state index in [1.165, 1.54) is 14.0 Å². The molecule has 1 aliphatic rings. The predicted molar refractivity (Wildman–Crippen MR) is 61.0 cm³/mol. The summed E-state index contributed by atoms with van der Waals surface area (Å²) in [6.07, 6.45) is -0.849. The van der Waals surface area contributed by atoms with Crippen LogP contribution in [0, 0.1) is 5.92 Å². The van der Waals surface area contributed by atoms with Crippen molar-refractivity contribution < 1.29 is 23.9 Å². The summed E-state index contributed by atoms with van der Waals surface area (Å²) in [5.74, 6) is -2.59. The number of carbonyl (C=O) groups is 3. The first-order valence-corrected chi connectivity index (χ1v) is 5.44. The van der Waals surface area contributed by atoms with E-state index in [1.54, 1.807) is 24.3 Å². The molecule has 1 aliphatic heterocycles. The van der Waals surface area contributed by atoms with Gasteiger partial charge in [-0.2, -0.15) is 0 Å². The number of Topliss-reactive ketones (excluding diaryl/α,β-unsaturated/α-hetero) is 2. The summed E-state index contributed by atoms with van der Waals surface area (Å²) in [5.41, 5.74) is 0.578. The maximum atomic E-state index is 11.6. The van der Waals surface area contributed by atoms with Gasteiger partial charge in [-0.1, -0.05) is 12.1 Å². The van der Waals surface area contributed by atoms with E-state index in [2.05, 4.69) is 0 Å². The van der Waals surface area contributed by atoms with Crippen LogP contribution in [0.2, 0.25) is 0 Å². The lowest BCUT2D eigenvalue weighted by atomic mass is 9.91. The largest absolute Gasteiger partial charge is 0.497 e. The van der Waals surface area contributed by atoms with E-state index in [1.807, 2.05) is 0 Å². The van der Waals surface area contributed by atoms with Gasteiger partial charge in [0.05, 0.1) is 7.11 Å². The number of esters is 1. The molecule has 0 spiro atoms. The Hall–Kier alpha value is -2.17. The van der Waals surface area contributed by atoms with Crippen LogP contribution in [-0.2, 0) is 19.1 Å². The van der Waals surface area contributed by atoms with Crippen LogP contribution in [0.1, 0.15) is 18.6 Å². The van der Waals surface area contributed by atoms with Crippen molar-refractivity contribution in [1.82, 2.24) is 0 Å². The second-order valence-corrected chi connectivity index (χ2v) is 4.06. The molecule has 0 saturated carbocycles. The average molecular weight is 248 g/mol. The minimum Gasteiger partial charge on any atom is -0.497 e. The standard InChI is InChI=1S/C13H12O5/c1-7(14)10-11(15)13(16)18-12(10)8-4-3-5-9(6-8)17-2/h3-6,10,12H,1-2H3. The molecule has 0 N–H and O–H groups in total. The van der Waals surface area contributed by atoms with Crippen LogP contribution in [-0.4, -0.2) is 24.6 Å². The van der Waals surface area contributed by atoms with E-state index >= 15 is 0 Å². The van der Waals surface area contributed by atoms with Gasteiger partial charge in [-0.3, -0.25) is 9.59 Å². The number of ketones is 2. The van der Waals surface area contributed by atoms with Crippen molar-refractivity contribution in [2.45, 2.75) is 13.0 Å². The lowest BCUT2D eigenvalue weighted by Crippen LogP contribution is -2.23. The smallest absolute Gasteiger partial charge is 0.376 e. The second-order valence-electron chi connectivity index (χ2n) is 4.06. The molecule has 0 amide bonds. The summed E-state index contributed by atoms with van der Waals surface area (Å²) in [4.78, 5) is 34.3. The summed E-state index contributed by atoms with van der Waals surface area (Å²) in [5, 5.41) is 0. The summed E-state index contributed by atoms with van der Waals surface area (Å²) >= 11 is 0. The lowest BCUT2D eigenvalue weighted by Gasteiger charge is -2.14. The summed E-state index contributed by atoms with van der Waals surface area (Å²) < 4.78 is 10.0. The van der Waals surface area contributed by atoms with Gasteiger partial charge in [0.1, 0.15) is 23.6 Å². The Kier molecular flexibility index (Phi) is 3.14. The van der Waals surface area contributed by atoms with Crippen molar-refractivity contribution in [2.24, 2.45) is 5.92 Å². The fraction of sp³-hybridized carbons (Fsp3) is 0.308. The third kappa shape index (κ3) is 1.99. The van der Waals surface area contributed by atoms with Crippen LogP contribution in [0.3, 0.4) is 0 Å². The molecule has 1 aromatic carbocycles. The molecule has 1 saturated heterocycles. The Labute approximate surface area is 104 Å². The van der Waals surface area contributed by atoms with Crippen LogP contribution in [0.15, 0.2) is 24.3 Å². The number of benzene rings is 1. The first-order valence-electron chi connectivity index (χ1n) is 5.44. The van der Waals surface area contributed by atoms with Gasteiger partial charge in [0.2, 0.25) is 0 Å². The molecule has 1 aromatic rings. The molecule has 0 aliphatic carbocycles. The van der Waals surface area contributed by atoms with Gasteiger partial charge in [-0.15, -0.1) is 0 Å². The van der Waals surface area contributed by atoms with E-state index in [9.17, 15) is 14.4 Å². The molecule has 1 heterocycles. The summed E-state index contributed by atoms with van der Waals surface area (Å²) in [7, 11) is 1.51. The predicted octanol–water partition coefficient (Wildman–Crippen LogP) is 1.07. The van der Waals surface area contributed by atoms with Gasteiger partial charge in [-0.05, 0) is 24.6 Å². The van der Waals surface area contributed by atoms with E-state index in [-0.39, 0.29) is 5.78 Å². The molecule has 2 atom stereocenters. The van der Waals surface area contributed by atoms with Crippen LogP contribution in [0.4, 0.5) is 0 Å². The second kappa shape index (κ2) is 4.60. The van der Waals surface area contributed by atoms with Crippen molar-refractivity contribution in [2.75, 3.05) is 7.11 Å². The van der Waals surface area contributed by atoms with Crippen molar-refractivity contribution in [3.05, 3.63) is 29.8 Å². The Bertz CT molecular complexity index is 520. The fourth-order valence-electron chi connectivity index (χ4n) is 1.98. The van der Waals surface area contributed by atoms with Crippen LogP contribution in [0.25, 0.3) is 0 Å². The van der Waals surface area contributed by atoms with Gasteiger partial charge in [-0.25, -0.2) is 4.79 Å². The third-order valence-corrected chi connectivity index (χ3v) is 2.88. The zero-order valence-corrected chi connectivity index (χ0v) is 10.0. The highest BCUT2D eigenvalue weighted by Crippen LogP contribution is 2.35. The maximum absolute atomic E-state index is 11.6. The van der Waals surface area contributed by atoms with Gasteiger partial charge in [0.25, 0.3) is 5.78 Å². The zero-order valence-electron chi connectivity index (χ0n) is 10.0. The third-order valence-electron chi connectivity index (χ3n) is 2.88. The quantitative estimate of drug-likeness (QED) is 0.454. The Morgan fingerprint density at radius 3 is 2.67 bits per heavy atom. The normalized spacial score (nSPS) is 22.8. The van der Waals surface area contributed by atoms with Crippen molar-refractivity contribution in [1.29, 1.82) is 0 Å². The van der Waals surface area contributed by atoms with Crippen molar-refractivity contribution in [3.63, 3.8) is 0 Å². The Morgan fingerprint density at radius 1 is 1.33 bits per heavy atom. The molecule has 18 heavy (non-hydrogen) atoms. The molecule has 2 rings (SSSR count). The molecule has 1 fully saturated rings. The monoisotopic (exact) mass is 248 g/mol. The molecule has 5 nitrogen and oxygen atoms in total. The fourth-order valence-corrected chi connectivity index (χ4v) is 1.98. The number of ether oxygens (including phenoxy) is 2. The van der Waals surface area contributed by atoms with Crippen molar-refractivity contribution >= 4 is 17.5 Å². The summed E-state index contributed by atoms with van der Waals surface area (Å²) in [6.45, 7) is 1.28. The Morgan fingerprint density at radius 2 is 2.06 bits per heavy atom. The zero-order chi connectivity index (χ0) is 13.3. The lowest BCUT2D eigenvalue weighted by molar-refractivity contribution is -0.149. The molecular weight excluding hydrogens is 236 g/mol. The average Bonchev–Trinajstić information content (AvgIpc) is 2.66. The van der Waals surface area contributed by atoms with Gasteiger partial charge in [0, 0.05) is 0 Å². The van der Waals surface area contributed by atoms with Crippen LogP contribution >= 0.6 is 0 Å². The molecule has 94 valence electrons. The Balaban J connectivity index is 2.39. The summed E-state index contributed by atoms with van der Waals surface area (Å²) in [6, 6.07) is 6.77. The topological polar surface area (TPSA) is 69.7 Å². The van der Waals surface area contributed by atoms with Crippen LogP contribution in [0.5, 0.6) is 5.75 Å². The molecule has 5 heteroatoms. The number of methoxy groups -OCH3 is 1. The molecule has 0 bridgehead atoms. The number of rotatable bonds is 3.